The van der Waals surface area contributed by atoms with Crippen molar-refractivity contribution in [1.29, 1.82) is 0 Å². The van der Waals surface area contributed by atoms with E-state index in [1.165, 1.54) is 0 Å². The minimum Gasteiger partial charge on any atom is -0.494 e. The average Bonchev–Trinajstić information content (AvgIpc) is 2.85. The standard InChI is InChI=1S/C13H18N2O2/c1-2-6-16-11-5-3-4-10(7-11)13-8-12(9-14)17-15-13/h3-5,7,12H,2,6,8-9,14H2,1H3. The Morgan fingerprint density at radius 2 is 2.41 bits per heavy atom. The first kappa shape index (κ1) is 11.9. The SMILES string of the molecule is CCCOc1cccc(C2=NOC(CN)C2)c1. The number of hydrogen-bond acceptors (Lipinski definition) is 4. The maximum Gasteiger partial charge on any atom is 0.145 e. The van der Waals surface area contributed by atoms with E-state index in [1.54, 1.807) is 0 Å². The summed E-state index contributed by atoms with van der Waals surface area (Å²) in [6, 6.07) is 7.94. The van der Waals surface area contributed by atoms with E-state index in [0.717, 1.165) is 36.5 Å². The number of hydrogen-bond donors (Lipinski definition) is 1. The normalized spacial score (nSPS) is 18.7. The van der Waals surface area contributed by atoms with Crippen LogP contribution in [0.5, 0.6) is 5.75 Å². The molecule has 1 aromatic rings. The Balaban J connectivity index is 2.06. The van der Waals surface area contributed by atoms with E-state index in [0.29, 0.717) is 6.54 Å². The quantitative estimate of drug-likeness (QED) is 0.846. The molecule has 1 aromatic carbocycles. The molecule has 4 heteroatoms. The Labute approximate surface area is 101 Å². The molecule has 4 nitrogen and oxygen atoms in total. The molecule has 0 fully saturated rings. The van der Waals surface area contributed by atoms with Crippen LogP contribution in [0.2, 0.25) is 0 Å². The van der Waals surface area contributed by atoms with Crippen molar-refractivity contribution in [2.45, 2.75) is 25.9 Å². The molecule has 1 aliphatic heterocycles. The van der Waals surface area contributed by atoms with Crippen LogP contribution in [-0.4, -0.2) is 25.0 Å². The van der Waals surface area contributed by atoms with Gasteiger partial charge in [-0.3, -0.25) is 0 Å². The van der Waals surface area contributed by atoms with E-state index < -0.39 is 0 Å². The van der Waals surface area contributed by atoms with Gasteiger partial charge in [-0.1, -0.05) is 24.2 Å². The van der Waals surface area contributed by atoms with E-state index in [-0.39, 0.29) is 6.10 Å². The van der Waals surface area contributed by atoms with Crippen molar-refractivity contribution < 1.29 is 9.57 Å². The molecule has 0 spiro atoms. The molecule has 1 unspecified atom stereocenters. The average molecular weight is 234 g/mol. The largest absolute Gasteiger partial charge is 0.494 e. The molecule has 1 aliphatic rings. The fourth-order valence-corrected chi connectivity index (χ4v) is 1.71. The van der Waals surface area contributed by atoms with Crippen molar-refractivity contribution in [3.63, 3.8) is 0 Å². The lowest BCUT2D eigenvalue weighted by Gasteiger charge is -2.06. The van der Waals surface area contributed by atoms with Gasteiger partial charge in [0.15, 0.2) is 0 Å². The van der Waals surface area contributed by atoms with Gasteiger partial charge in [-0.25, -0.2) is 0 Å². The molecule has 2 N–H and O–H groups in total. The van der Waals surface area contributed by atoms with E-state index >= 15 is 0 Å². The third-order valence-electron chi connectivity index (χ3n) is 2.64. The lowest BCUT2D eigenvalue weighted by Crippen LogP contribution is -2.20. The topological polar surface area (TPSA) is 56.8 Å². The molecule has 0 bridgehead atoms. The van der Waals surface area contributed by atoms with Gasteiger partial charge in [0.05, 0.1) is 12.3 Å². The highest BCUT2D eigenvalue weighted by Gasteiger charge is 2.20. The summed E-state index contributed by atoms with van der Waals surface area (Å²) in [6.07, 6.45) is 1.79. The van der Waals surface area contributed by atoms with Crippen LogP contribution >= 0.6 is 0 Å². The maximum atomic E-state index is 5.59. The third-order valence-corrected chi connectivity index (χ3v) is 2.64. The molecule has 0 saturated carbocycles. The molecule has 0 aliphatic carbocycles. The number of nitrogens with two attached hydrogens (primary N) is 1. The summed E-state index contributed by atoms with van der Waals surface area (Å²) in [5, 5.41) is 4.06. The van der Waals surface area contributed by atoms with Crippen molar-refractivity contribution in [1.82, 2.24) is 0 Å². The highest BCUT2D eigenvalue weighted by Crippen LogP contribution is 2.20. The Kier molecular flexibility index (Phi) is 3.98. The van der Waals surface area contributed by atoms with Gasteiger partial charge in [-0.15, -0.1) is 0 Å². The van der Waals surface area contributed by atoms with Crippen LogP contribution < -0.4 is 10.5 Å². The number of benzene rings is 1. The van der Waals surface area contributed by atoms with Crippen molar-refractivity contribution in [2.75, 3.05) is 13.2 Å². The Morgan fingerprint density at radius 1 is 1.53 bits per heavy atom. The summed E-state index contributed by atoms with van der Waals surface area (Å²) >= 11 is 0. The molecule has 92 valence electrons. The summed E-state index contributed by atoms with van der Waals surface area (Å²) < 4.78 is 5.59. The second-order valence-corrected chi connectivity index (χ2v) is 4.08. The molecule has 2 rings (SSSR count). The summed E-state index contributed by atoms with van der Waals surface area (Å²) in [5.74, 6) is 0.878. The Bertz CT molecular complexity index is 404. The second-order valence-electron chi connectivity index (χ2n) is 4.08. The van der Waals surface area contributed by atoms with Crippen LogP contribution in [0.1, 0.15) is 25.3 Å². The monoisotopic (exact) mass is 234 g/mol. The predicted octanol–water partition coefficient (Wildman–Crippen LogP) is 1.93. The van der Waals surface area contributed by atoms with Crippen LogP contribution in [-0.2, 0) is 4.84 Å². The Morgan fingerprint density at radius 3 is 3.12 bits per heavy atom. The minimum atomic E-state index is 0.0187. The van der Waals surface area contributed by atoms with Gasteiger partial charge in [0.1, 0.15) is 11.9 Å². The zero-order chi connectivity index (χ0) is 12.1. The number of nitrogens with zero attached hydrogens (tertiary/aromatic N) is 1. The van der Waals surface area contributed by atoms with Crippen LogP contribution in [0.3, 0.4) is 0 Å². The number of ether oxygens (including phenoxy) is 1. The lowest BCUT2D eigenvalue weighted by atomic mass is 10.0. The van der Waals surface area contributed by atoms with Crippen LogP contribution in [0, 0.1) is 0 Å². The van der Waals surface area contributed by atoms with Crippen molar-refractivity contribution in [2.24, 2.45) is 10.9 Å². The van der Waals surface area contributed by atoms with E-state index in [2.05, 4.69) is 12.1 Å². The van der Waals surface area contributed by atoms with Gasteiger partial charge in [0.2, 0.25) is 0 Å². The van der Waals surface area contributed by atoms with Gasteiger partial charge >= 0.3 is 0 Å². The summed E-state index contributed by atoms with van der Waals surface area (Å²) in [5.41, 5.74) is 7.54. The van der Waals surface area contributed by atoms with Gasteiger partial charge < -0.3 is 15.3 Å². The van der Waals surface area contributed by atoms with Crippen LogP contribution in [0.15, 0.2) is 29.4 Å². The van der Waals surface area contributed by atoms with Crippen LogP contribution in [0.4, 0.5) is 0 Å². The predicted molar refractivity (Wildman–Crippen MR) is 67.3 cm³/mol. The number of rotatable bonds is 5. The van der Waals surface area contributed by atoms with Crippen molar-refractivity contribution in [3.8, 4) is 5.75 Å². The van der Waals surface area contributed by atoms with Crippen LogP contribution in [0.25, 0.3) is 0 Å². The first-order chi connectivity index (χ1) is 8.33. The summed E-state index contributed by atoms with van der Waals surface area (Å²) in [6.45, 7) is 3.32. The Hall–Kier alpha value is -1.55. The first-order valence-electron chi connectivity index (χ1n) is 5.99. The summed E-state index contributed by atoms with van der Waals surface area (Å²) in [4.78, 5) is 5.21. The molecule has 0 radical (unpaired) electrons. The molecular formula is C13H18N2O2. The molecule has 0 saturated heterocycles. The van der Waals surface area contributed by atoms with E-state index in [9.17, 15) is 0 Å². The maximum absolute atomic E-state index is 5.59. The van der Waals surface area contributed by atoms with Gasteiger partial charge in [0, 0.05) is 18.5 Å². The van der Waals surface area contributed by atoms with Crippen molar-refractivity contribution >= 4 is 5.71 Å². The zero-order valence-electron chi connectivity index (χ0n) is 10.1. The molecule has 0 amide bonds. The van der Waals surface area contributed by atoms with Gasteiger partial charge in [-0.05, 0) is 18.6 Å². The second kappa shape index (κ2) is 5.68. The zero-order valence-corrected chi connectivity index (χ0v) is 10.1. The van der Waals surface area contributed by atoms with E-state index in [1.807, 2.05) is 24.3 Å². The van der Waals surface area contributed by atoms with Crippen molar-refractivity contribution in [3.05, 3.63) is 29.8 Å². The van der Waals surface area contributed by atoms with Gasteiger partial charge in [-0.2, -0.15) is 0 Å². The molecule has 17 heavy (non-hydrogen) atoms. The molecule has 0 aromatic heterocycles. The fraction of sp³-hybridized carbons (Fsp3) is 0.462. The first-order valence-corrected chi connectivity index (χ1v) is 5.99. The smallest absolute Gasteiger partial charge is 0.145 e. The minimum absolute atomic E-state index is 0.0187. The lowest BCUT2D eigenvalue weighted by molar-refractivity contribution is 0.0918. The molecule has 1 atom stereocenters. The molecular weight excluding hydrogens is 216 g/mol. The third kappa shape index (κ3) is 2.97. The highest BCUT2D eigenvalue weighted by atomic mass is 16.6. The fourth-order valence-electron chi connectivity index (χ4n) is 1.71. The highest BCUT2D eigenvalue weighted by molar-refractivity contribution is 6.01. The summed E-state index contributed by atoms with van der Waals surface area (Å²) in [7, 11) is 0. The number of oxime groups is 1. The molecule has 1 heterocycles. The van der Waals surface area contributed by atoms with Gasteiger partial charge in [0.25, 0.3) is 0 Å². The van der Waals surface area contributed by atoms with E-state index in [4.69, 9.17) is 15.3 Å².